The maximum Gasteiger partial charge on any atom is 0.346 e. The zero-order valence-corrected chi connectivity index (χ0v) is 15.6. The molecule has 1 amide bonds. The Morgan fingerprint density at radius 3 is 2.37 bits per heavy atom. The van der Waals surface area contributed by atoms with Crippen molar-refractivity contribution in [2.75, 3.05) is 13.1 Å². The third-order valence-corrected chi connectivity index (χ3v) is 5.88. The molecule has 27 heavy (non-hydrogen) atoms. The van der Waals surface area contributed by atoms with Crippen LogP contribution in [0.5, 0.6) is 5.75 Å². The number of primary amides is 1. The lowest BCUT2D eigenvalue weighted by atomic mass is 10.2. The van der Waals surface area contributed by atoms with Gasteiger partial charge >= 0.3 is 5.97 Å². The Morgan fingerprint density at radius 1 is 1.11 bits per heavy atom. The van der Waals surface area contributed by atoms with E-state index in [9.17, 15) is 22.4 Å². The number of carbonyl (C=O) groups excluding carboxylic acids is 2. The van der Waals surface area contributed by atoms with Crippen LogP contribution in [-0.4, -0.2) is 37.7 Å². The average molecular weight is 394 g/mol. The highest BCUT2D eigenvalue weighted by Crippen LogP contribution is 2.21. The summed E-state index contributed by atoms with van der Waals surface area (Å²) in [4.78, 5) is 23.3. The first-order valence-electron chi connectivity index (χ1n) is 8.12. The molecule has 0 bridgehead atoms. The van der Waals surface area contributed by atoms with Gasteiger partial charge in [-0.05, 0) is 36.4 Å². The summed E-state index contributed by atoms with van der Waals surface area (Å²) < 4.78 is 45.5. The molecule has 0 saturated heterocycles. The Bertz CT molecular complexity index is 971. The number of halogens is 1. The molecule has 0 spiro atoms. The molecule has 9 heteroatoms. The van der Waals surface area contributed by atoms with Crippen molar-refractivity contribution in [3.8, 4) is 5.75 Å². The van der Waals surface area contributed by atoms with Gasteiger partial charge in [0.2, 0.25) is 15.9 Å². The van der Waals surface area contributed by atoms with Crippen LogP contribution < -0.4 is 10.5 Å². The minimum Gasteiger partial charge on any atom is -0.423 e. The third-order valence-electron chi connectivity index (χ3n) is 3.83. The standard InChI is InChI=1S/C18H19FN2O5S/c1-3-21(4-2)27(24,25)14-8-9-16(19)15(11-14)18(23)26-13-7-5-6-12(10-13)17(20)22/h5-11H,3-4H2,1-2H3,(H2,20,22). The van der Waals surface area contributed by atoms with Crippen LogP contribution in [0.4, 0.5) is 4.39 Å². The van der Waals surface area contributed by atoms with Gasteiger partial charge in [0.05, 0.1) is 10.5 Å². The Morgan fingerprint density at radius 2 is 1.78 bits per heavy atom. The molecule has 0 aromatic heterocycles. The lowest BCUT2D eigenvalue weighted by molar-refractivity contribution is 0.0728. The monoisotopic (exact) mass is 394 g/mol. The number of benzene rings is 2. The Balaban J connectivity index is 2.37. The van der Waals surface area contributed by atoms with E-state index in [-0.39, 0.29) is 29.3 Å². The van der Waals surface area contributed by atoms with Gasteiger partial charge < -0.3 is 10.5 Å². The summed E-state index contributed by atoms with van der Waals surface area (Å²) in [5, 5.41) is 0. The maximum atomic E-state index is 14.1. The van der Waals surface area contributed by atoms with Gasteiger partial charge in [0.25, 0.3) is 0 Å². The number of sulfonamides is 1. The SMILES string of the molecule is CCN(CC)S(=O)(=O)c1ccc(F)c(C(=O)Oc2cccc(C(N)=O)c2)c1. The van der Waals surface area contributed by atoms with E-state index in [0.717, 1.165) is 18.2 Å². The van der Waals surface area contributed by atoms with Gasteiger partial charge in [0.15, 0.2) is 0 Å². The number of hydrogen-bond acceptors (Lipinski definition) is 5. The smallest absolute Gasteiger partial charge is 0.346 e. The summed E-state index contributed by atoms with van der Waals surface area (Å²) in [5.74, 6) is -2.76. The molecule has 0 atom stereocenters. The van der Waals surface area contributed by atoms with Crippen LogP contribution in [0.25, 0.3) is 0 Å². The van der Waals surface area contributed by atoms with Gasteiger partial charge in [0, 0.05) is 18.7 Å². The number of amides is 1. The molecule has 0 aliphatic heterocycles. The fourth-order valence-electron chi connectivity index (χ4n) is 2.41. The molecular formula is C18H19FN2O5S. The molecule has 7 nitrogen and oxygen atoms in total. The Kier molecular flexibility index (Phi) is 6.29. The van der Waals surface area contributed by atoms with Gasteiger partial charge in [-0.3, -0.25) is 4.79 Å². The topological polar surface area (TPSA) is 107 Å². The van der Waals surface area contributed by atoms with Gasteiger partial charge in [-0.1, -0.05) is 19.9 Å². The molecular weight excluding hydrogens is 375 g/mol. The zero-order valence-electron chi connectivity index (χ0n) is 14.8. The van der Waals surface area contributed by atoms with Crippen LogP contribution in [0.3, 0.4) is 0 Å². The second kappa shape index (κ2) is 8.28. The van der Waals surface area contributed by atoms with E-state index in [1.807, 2.05) is 0 Å². The summed E-state index contributed by atoms with van der Waals surface area (Å²) in [6, 6.07) is 8.41. The molecule has 0 fully saturated rings. The van der Waals surface area contributed by atoms with Crippen LogP contribution >= 0.6 is 0 Å². The molecule has 0 saturated carbocycles. The van der Waals surface area contributed by atoms with Crippen molar-refractivity contribution in [2.45, 2.75) is 18.7 Å². The predicted octanol–water partition coefficient (Wildman–Crippen LogP) is 2.17. The molecule has 0 heterocycles. The fraction of sp³-hybridized carbons (Fsp3) is 0.222. The highest BCUT2D eigenvalue weighted by molar-refractivity contribution is 7.89. The summed E-state index contributed by atoms with van der Waals surface area (Å²) in [5.41, 5.74) is 4.74. The van der Waals surface area contributed by atoms with Crippen LogP contribution in [0.1, 0.15) is 34.6 Å². The highest BCUT2D eigenvalue weighted by Gasteiger charge is 2.25. The van der Waals surface area contributed by atoms with Crippen molar-refractivity contribution in [3.63, 3.8) is 0 Å². The van der Waals surface area contributed by atoms with E-state index < -0.39 is 33.3 Å². The fourth-order valence-corrected chi connectivity index (χ4v) is 3.89. The van der Waals surface area contributed by atoms with Crippen molar-refractivity contribution in [3.05, 3.63) is 59.4 Å². The maximum absolute atomic E-state index is 14.1. The minimum absolute atomic E-state index is 0.0206. The van der Waals surface area contributed by atoms with Gasteiger partial charge in [-0.2, -0.15) is 4.31 Å². The van der Waals surface area contributed by atoms with E-state index in [1.54, 1.807) is 13.8 Å². The molecule has 2 aromatic rings. The van der Waals surface area contributed by atoms with Gasteiger partial charge in [-0.25, -0.2) is 17.6 Å². The van der Waals surface area contributed by atoms with Crippen LogP contribution in [0, 0.1) is 5.82 Å². The molecule has 0 radical (unpaired) electrons. The highest BCUT2D eigenvalue weighted by atomic mass is 32.2. The van der Waals surface area contributed by atoms with Crippen LogP contribution in [-0.2, 0) is 10.0 Å². The van der Waals surface area contributed by atoms with E-state index in [1.165, 1.54) is 28.6 Å². The first-order valence-corrected chi connectivity index (χ1v) is 9.56. The summed E-state index contributed by atoms with van der Waals surface area (Å²) >= 11 is 0. The second-order valence-corrected chi connectivity index (χ2v) is 7.45. The molecule has 0 aliphatic rings. The molecule has 144 valence electrons. The van der Waals surface area contributed by atoms with Crippen molar-refractivity contribution >= 4 is 21.9 Å². The van der Waals surface area contributed by atoms with Crippen molar-refractivity contribution in [2.24, 2.45) is 5.73 Å². The van der Waals surface area contributed by atoms with E-state index in [4.69, 9.17) is 10.5 Å². The largest absolute Gasteiger partial charge is 0.423 e. The number of carbonyl (C=O) groups is 2. The van der Waals surface area contributed by atoms with E-state index >= 15 is 0 Å². The van der Waals surface area contributed by atoms with Gasteiger partial charge in [0.1, 0.15) is 11.6 Å². The number of ether oxygens (including phenoxy) is 1. The van der Waals surface area contributed by atoms with Crippen LogP contribution in [0.2, 0.25) is 0 Å². The van der Waals surface area contributed by atoms with Crippen LogP contribution in [0.15, 0.2) is 47.4 Å². The molecule has 0 aliphatic carbocycles. The first-order chi connectivity index (χ1) is 12.7. The normalized spacial score (nSPS) is 11.4. The Hall–Kier alpha value is -2.78. The predicted molar refractivity (Wildman–Crippen MR) is 96.4 cm³/mol. The molecule has 2 rings (SSSR count). The molecule has 2 aromatic carbocycles. The lowest BCUT2D eigenvalue weighted by Crippen LogP contribution is -2.30. The van der Waals surface area contributed by atoms with E-state index in [2.05, 4.69) is 0 Å². The van der Waals surface area contributed by atoms with E-state index in [0.29, 0.717) is 0 Å². The van der Waals surface area contributed by atoms with Crippen molar-refractivity contribution in [1.29, 1.82) is 0 Å². The van der Waals surface area contributed by atoms with Crippen molar-refractivity contribution < 1.29 is 27.1 Å². The third kappa shape index (κ3) is 4.50. The number of rotatable bonds is 7. The minimum atomic E-state index is -3.87. The van der Waals surface area contributed by atoms with Crippen molar-refractivity contribution in [1.82, 2.24) is 4.31 Å². The zero-order chi connectivity index (χ0) is 20.2. The average Bonchev–Trinajstić information content (AvgIpc) is 2.62. The number of hydrogen-bond donors (Lipinski definition) is 1. The summed E-state index contributed by atoms with van der Waals surface area (Å²) in [6.45, 7) is 3.81. The number of nitrogens with two attached hydrogens (primary N) is 1. The number of esters is 1. The summed E-state index contributed by atoms with van der Waals surface area (Å²) in [7, 11) is -3.87. The molecule has 0 unspecified atom stereocenters. The molecule has 2 N–H and O–H groups in total. The summed E-state index contributed by atoms with van der Waals surface area (Å²) in [6.07, 6.45) is 0. The number of nitrogens with zero attached hydrogens (tertiary/aromatic N) is 1. The van der Waals surface area contributed by atoms with Gasteiger partial charge in [-0.15, -0.1) is 0 Å². The lowest BCUT2D eigenvalue weighted by Gasteiger charge is -2.18. The Labute approximate surface area is 156 Å². The quantitative estimate of drug-likeness (QED) is 0.572. The first kappa shape index (κ1) is 20.5. The second-order valence-electron chi connectivity index (χ2n) is 5.51.